The van der Waals surface area contributed by atoms with E-state index in [2.05, 4.69) is 25.4 Å². The molecule has 3 aromatic heterocycles. The Labute approximate surface area is 143 Å². The second-order valence-corrected chi connectivity index (χ2v) is 5.40. The lowest BCUT2D eigenvalue weighted by molar-refractivity contribution is 0.0599. The molecule has 9 heteroatoms. The molecule has 0 aromatic carbocycles. The molecule has 3 aromatic rings. The fourth-order valence-electron chi connectivity index (χ4n) is 2.63. The maximum atomic E-state index is 12.5. The van der Waals surface area contributed by atoms with Gasteiger partial charge in [0.05, 0.1) is 19.2 Å². The molecule has 0 saturated carbocycles. The number of esters is 1. The molecule has 1 amide bonds. The van der Waals surface area contributed by atoms with Gasteiger partial charge in [0.25, 0.3) is 11.7 Å². The van der Waals surface area contributed by atoms with E-state index in [1.807, 2.05) is 6.92 Å². The highest BCUT2D eigenvalue weighted by atomic mass is 16.5. The number of H-pyrrole nitrogens is 1. The van der Waals surface area contributed by atoms with E-state index in [9.17, 15) is 9.59 Å². The van der Waals surface area contributed by atoms with E-state index in [0.717, 1.165) is 0 Å². The Bertz CT molecular complexity index is 910. The summed E-state index contributed by atoms with van der Waals surface area (Å²) in [6.07, 6.45) is 3.93. The average molecular weight is 342 g/mol. The van der Waals surface area contributed by atoms with Crippen LogP contribution in [0, 0.1) is 6.92 Å². The number of carbonyl (C=O) groups is 2. The lowest BCUT2D eigenvalue weighted by Gasteiger charge is -2.02. The number of fused-ring (bicyclic) bond motifs is 1. The van der Waals surface area contributed by atoms with E-state index in [0.29, 0.717) is 40.5 Å². The summed E-state index contributed by atoms with van der Waals surface area (Å²) in [5.74, 6) is 0.108. The second kappa shape index (κ2) is 6.71. The monoisotopic (exact) mass is 342 g/mol. The van der Waals surface area contributed by atoms with Crippen LogP contribution in [0.1, 0.15) is 44.9 Å². The van der Waals surface area contributed by atoms with Crippen molar-refractivity contribution in [1.82, 2.24) is 29.9 Å². The van der Waals surface area contributed by atoms with Crippen LogP contribution >= 0.6 is 0 Å². The largest absolute Gasteiger partial charge is 0.465 e. The van der Waals surface area contributed by atoms with Gasteiger partial charge in [-0.2, -0.15) is 4.98 Å². The Morgan fingerprint density at radius 1 is 1.40 bits per heavy atom. The van der Waals surface area contributed by atoms with Gasteiger partial charge in [0, 0.05) is 18.1 Å². The standard InChI is InChI=1S/C16H18N6O3/c1-4-10-12(15(24)25-3)9(2)13(19-10)14(23)18-8-11-20-16-17-6-5-7-22(16)21-11/h5-7,19H,4,8H2,1-3H3,(H,18,23). The highest BCUT2D eigenvalue weighted by molar-refractivity contribution is 6.00. The number of aryl methyl sites for hydroxylation is 1. The van der Waals surface area contributed by atoms with Gasteiger partial charge < -0.3 is 15.0 Å². The van der Waals surface area contributed by atoms with Crippen molar-refractivity contribution in [1.29, 1.82) is 0 Å². The number of ether oxygens (including phenoxy) is 1. The Kier molecular flexibility index (Phi) is 4.46. The highest BCUT2D eigenvalue weighted by Crippen LogP contribution is 2.20. The van der Waals surface area contributed by atoms with Crippen LogP contribution in [0.4, 0.5) is 0 Å². The Morgan fingerprint density at radius 2 is 2.20 bits per heavy atom. The van der Waals surface area contributed by atoms with Gasteiger partial charge in [-0.05, 0) is 25.0 Å². The third kappa shape index (κ3) is 3.08. The van der Waals surface area contributed by atoms with Gasteiger partial charge in [0.1, 0.15) is 5.69 Å². The molecule has 3 rings (SSSR count). The van der Waals surface area contributed by atoms with Crippen LogP contribution < -0.4 is 5.32 Å². The summed E-state index contributed by atoms with van der Waals surface area (Å²) in [5.41, 5.74) is 1.97. The van der Waals surface area contributed by atoms with E-state index in [1.165, 1.54) is 11.6 Å². The summed E-state index contributed by atoms with van der Waals surface area (Å²) in [7, 11) is 1.32. The van der Waals surface area contributed by atoms with Crippen molar-refractivity contribution in [2.24, 2.45) is 0 Å². The number of nitrogens with one attached hydrogen (secondary N) is 2. The van der Waals surface area contributed by atoms with Crippen LogP contribution in [0.3, 0.4) is 0 Å². The van der Waals surface area contributed by atoms with Crippen molar-refractivity contribution in [3.8, 4) is 0 Å². The normalized spacial score (nSPS) is 10.8. The maximum absolute atomic E-state index is 12.5. The van der Waals surface area contributed by atoms with Crippen molar-refractivity contribution in [2.45, 2.75) is 26.8 Å². The topological polar surface area (TPSA) is 114 Å². The number of amides is 1. The molecule has 0 unspecified atom stereocenters. The van der Waals surface area contributed by atoms with Crippen LogP contribution in [-0.2, 0) is 17.7 Å². The number of aromatic amines is 1. The number of hydrogen-bond donors (Lipinski definition) is 2. The first kappa shape index (κ1) is 16.6. The van der Waals surface area contributed by atoms with Crippen molar-refractivity contribution in [3.05, 3.63) is 46.8 Å². The number of rotatable bonds is 5. The summed E-state index contributed by atoms with van der Waals surface area (Å²) in [6, 6.07) is 1.74. The third-order valence-electron chi connectivity index (χ3n) is 3.87. The zero-order chi connectivity index (χ0) is 18.0. The quantitative estimate of drug-likeness (QED) is 0.670. The zero-order valence-electron chi connectivity index (χ0n) is 14.2. The van der Waals surface area contributed by atoms with Crippen LogP contribution in [0.5, 0.6) is 0 Å². The summed E-state index contributed by atoms with van der Waals surface area (Å²) in [5, 5.41) is 6.98. The number of nitrogens with zero attached hydrogens (tertiary/aromatic N) is 4. The molecule has 0 aliphatic carbocycles. The first-order valence-electron chi connectivity index (χ1n) is 7.79. The number of hydrogen-bond acceptors (Lipinski definition) is 6. The molecule has 130 valence electrons. The molecule has 9 nitrogen and oxygen atoms in total. The molecule has 0 fully saturated rings. The predicted molar refractivity (Wildman–Crippen MR) is 88.2 cm³/mol. The Hall–Kier alpha value is -3.23. The van der Waals surface area contributed by atoms with Crippen LogP contribution in [0.15, 0.2) is 18.5 Å². The summed E-state index contributed by atoms with van der Waals surface area (Å²) in [6.45, 7) is 3.76. The first-order chi connectivity index (χ1) is 12.0. The highest BCUT2D eigenvalue weighted by Gasteiger charge is 2.23. The zero-order valence-corrected chi connectivity index (χ0v) is 14.2. The molecule has 0 spiro atoms. The van der Waals surface area contributed by atoms with Gasteiger partial charge in [-0.3, -0.25) is 4.79 Å². The van der Waals surface area contributed by atoms with Crippen molar-refractivity contribution in [3.63, 3.8) is 0 Å². The SMILES string of the molecule is CCc1[nH]c(C(=O)NCc2nc3ncccn3n2)c(C)c1C(=O)OC. The van der Waals surface area contributed by atoms with Crippen molar-refractivity contribution in [2.75, 3.05) is 7.11 Å². The molecule has 2 N–H and O–H groups in total. The molecular weight excluding hydrogens is 324 g/mol. The Morgan fingerprint density at radius 3 is 2.88 bits per heavy atom. The van der Waals surface area contributed by atoms with E-state index in [-0.39, 0.29) is 12.5 Å². The van der Waals surface area contributed by atoms with E-state index >= 15 is 0 Å². The minimum Gasteiger partial charge on any atom is -0.465 e. The van der Waals surface area contributed by atoms with Gasteiger partial charge in [0.2, 0.25) is 0 Å². The van der Waals surface area contributed by atoms with Crippen LogP contribution in [0.2, 0.25) is 0 Å². The van der Waals surface area contributed by atoms with Crippen molar-refractivity contribution < 1.29 is 14.3 Å². The van der Waals surface area contributed by atoms with Gasteiger partial charge in [-0.1, -0.05) is 6.92 Å². The summed E-state index contributed by atoms with van der Waals surface area (Å²) in [4.78, 5) is 35.7. The third-order valence-corrected chi connectivity index (χ3v) is 3.87. The summed E-state index contributed by atoms with van der Waals surface area (Å²) < 4.78 is 6.33. The molecule has 0 radical (unpaired) electrons. The molecule has 0 aliphatic heterocycles. The minimum absolute atomic E-state index is 0.148. The predicted octanol–water partition coefficient (Wildman–Crippen LogP) is 1.04. The molecular formula is C16H18N6O3. The fraction of sp³-hybridized carbons (Fsp3) is 0.312. The average Bonchev–Trinajstić information content (AvgIpc) is 3.19. The molecule has 25 heavy (non-hydrogen) atoms. The molecule has 3 heterocycles. The van der Waals surface area contributed by atoms with Gasteiger partial charge in [-0.25, -0.2) is 14.3 Å². The van der Waals surface area contributed by atoms with E-state index < -0.39 is 5.97 Å². The van der Waals surface area contributed by atoms with Crippen LogP contribution in [0.25, 0.3) is 5.78 Å². The molecule has 0 saturated heterocycles. The first-order valence-corrected chi connectivity index (χ1v) is 7.79. The second-order valence-electron chi connectivity index (χ2n) is 5.40. The van der Waals surface area contributed by atoms with Gasteiger partial charge in [0.15, 0.2) is 5.82 Å². The lowest BCUT2D eigenvalue weighted by Crippen LogP contribution is -2.24. The number of methoxy groups -OCH3 is 1. The summed E-state index contributed by atoms with van der Waals surface area (Å²) >= 11 is 0. The van der Waals surface area contributed by atoms with Crippen molar-refractivity contribution >= 4 is 17.7 Å². The fourth-order valence-corrected chi connectivity index (χ4v) is 2.63. The van der Waals surface area contributed by atoms with Gasteiger partial charge >= 0.3 is 5.97 Å². The molecule has 0 atom stereocenters. The molecule has 0 bridgehead atoms. The van der Waals surface area contributed by atoms with E-state index in [1.54, 1.807) is 25.4 Å². The smallest absolute Gasteiger partial charge is 0.339 e. The minimum atomic E-state index is -0.460. The molecule has 0 aliphatic rings. The van der Waals surface area contributed by atoms with Crippen LogP contribution in [-0.4, -0.2) is 43.6 Å². The number of carbonyl (C=O) groups excluding carboxylic acids is 2. The maximum Gasteiger partial charge on any atom is 0.339 e. The van der Waals surface area contributed by atoms with Gasteiger partial charge in [-0.15, -0.1) is 5.10 Å². The van der Waals surface area contributed by atoms with E-state index in [4.69, 9.17) is 4.74 Å². The number of aromatic nitrogens is 5. The lowest BCUT2D eigenvalue weighted by atomic mass is 10.1. The Balaban J connectivity index is 1.79.